The molecule has 0 amide bonds. The molecule has 0 radical (unpaired) electrons. The first-order valence-electron chi connectivity index (χ1n) is 4.28. The molecule has 0 heterocycles. The third-order valence-electron chi connectivity index (χ3n) is 2.05. The van der Waals surface area contributed by atoms with E-state index in [1.807, 2.05) is 19.1 Å². The molecule has 2 N–H and O–H groups in total. The zero-order valence-corrected chi connectivity index (χ0v) is 8.64. The van der Waals surface area contributed by atoms with Crippen LogP contribution in [-0.2, 0) is 0 Å². The van der Waals surface area contributed by atoms with Crippen molar-refractivity contribution in [3.63, 3.8) is 0 Å². The summed E-state index contributed by atoms with van der Waals surface area (Å²) in [5.74, 6) is 0.761. The number of rotatable bonds is 3. The zero-order chi connectivity index (χ0) is 9.84. The van der Waals surface area contributed by atoms with Crippen molar-refractivity contribution in [1.29, 1.82) is 0 Å². The summed E-state index contributed by atoms with van der Waals surface area (Å²) >= 11 is 6.02. The van der Waals surface area contributed by atoms with E-state index in [1.165, 1.54) is 0 Å². The molecule has 0 spiro atoms. The Balaban J connectivity index is 2.98. The van der Waals surface area contributed by atoms with E-state index < -0.39 is 0 Å². The first-order valence-corrected chi connectivity index (χ1v) is 4.65. The lowest BCUT2D eigenvalue weighted by atomic mass is 10.1. The first kappa shape index (κ1) is 10.4. The molecule has 0 aliphatic rings. The Morgan fingerprint density at radius 3 is 2.69 bits per heavy atom. The molecule has 2 nitrogen and oxygen atoms in total. The summed E-state index contributed by atoms with van der Waals surface area (Å²) < 4.78 is 5.04. The summed E-state index contributed by atoms with van der Waals surface area (Å²) in [6, 6.07) is 5.58. The van der Waals surface area contributed by atoms with Gasteiger partial charge in [0.2, 0.25) is 0 Å². The molecule has 13 heavy (non-hydrogen) atoms. The van der Waals surface area contributed by atoms with Crippen LogP contribution in [0.4, 0.5) is 0 Å². The normalized spacial score (nSPS) is 12.6. The number of ether oxygens (including phenoxy) is 1. The molecule has 3 heteroatoms. The van der Waals surface area contributed by atoms with E-state index in [9.17, 15) is 0 Å². The number of methoxy groups -OCH3 is 1. The molecular weight excluding hydrogens is 186 g/mol. The molecular formula is C10H14ClNO. The Kier molecular flexibility index (Phi) is 3.58. The van der Waals surface area contributed by atoms with Gasteiger partial charge in [0.25, 0.3) is 0 Å². The molecule has 72 valence electrons. The monoisotopic (exact) mass is 199 g/mol. The predicted octanol–water partition coefficient (Wildman–Crippen LogP) is 2.76. The Bertz CT molecular complexity index is 288. The van der Waals surface area contributed by atoms with Gasteiger partial charge in [-0.25, -0.2) is 0 Å². The number of nitrogens with two attached hydrogens (primary N) is 1. The highest BCUT2D eigenvalue weighted by atomic mass is 35.5. The second-order valence-electron chi connectivity index (χ2n) is 2.90. The lowest BCUT2D eigenvalue weighted by Crippen LogP contribution is -2.09. The van der Waals surface area contributed by atoms with Gasteiger partial charge in [0, 0.05) is 11.1 Å². The van der Waals surface area contributed by atoms with E-state index in [-0.39, 0.29) is 6.04 Å². The van der Waals surface area contributed by atoms with Crippen LogP contribution in [0.3, 0.4) is 0 Å². The van der Waals surface area contributed by atoms with Gasteiger partial charge in [-0.05, 0) is 24.1 Å². The van der Waals surface area contributed by atoms with Crippen LogP contribution in [0.2, 0.25) is 5.02 Å². The summed E-state index contributed by atoms with van der Waals surface area (Å²) in [6.45, 7) is 2.03. The average Bonchev–Trinajstić information content (AvgIpc) is 2.16. The minimum atomic E-state index is 0.0124. The van der Waals surface area contributed by atoms with E-state index in [1.54, 1.807) is 13.2 Å². The van der Waals surface area contributed by atoms with Crippen LogP contribution in [-0.4, -0.2) is 7.11 Å². The summed E-state index contributed by atoms with van der Waals surface area (Å²) in [4.78, 5) is 0. The van der Waals surface area contributed by atoms with Crippen molar-refractivity contribution in [1.82, 2.24) is 0 Å². The smallest absolute Gasteiger partial charge is 0.120 e. The molecule has 1 aromatic carbocycles. The Morgan fingerprint density at radius 2 is 2.23 bits per heavy atom. The minimum Gasteiger partial charge on any atom is -0.497 e. The van der Waals surface area contributed by atoms with Gasteiger partial charge in [-0.15, -0.1) is 0 Å². The van der Waals surface area contributed by atoms with E-state index in [2.05, 4.69) is 0 Å². The topological polar surface area (TPSA) is 35.2 Å². The molecule has 1 rings (SSSR count). The molecule has 0 aromatic heterocycles. The van der Waals surface area contributed by atoms with E-state index in [0.717, 1.165) is 17.7 Å². The molecule has 0 saturated carbocycles. The quantitative estimate of drug-likeness (QED) is 0.813. The van der Waals surface area contributed by atoms with Gasteiger partial charge in [-0.1, -0.05) is 24.6 Å². The van der Waals surface area contributed by atoms with Gasteiger partial charge in [0.1, 0.15) is 5.75 Å². The van der Waals surface area contributed by atoms with Gasteiger partial charge in [0.15, 0.2) is 0 Å². The number of hydrogen-bond donors (Lipinski definition) is 1. The van der Waals surface area contributed by atoms with Crippen LogP contribution in [0.25, 0.3) is 0 Å². The highest BCUT2D eigenvalue weighted by molar-refractivity contribution is 6.31. The second-order valence-corrected chi connectivity index (χ2v) is 3.31. The molecule has 0 unspecified atom stereocenters. The summed E-state index contributed by atoms with van der Waals surface area (Å²) in [6.07, 6.45) is 0.881. The molecule has 0 aliphatic carbocycles. The molecule has 0 bridgehead atoms. The lowest BCUT2D eigenvalue weighted by molar-refractivity contribution is 0.414. The van der Waals surface area contributed by atoms with Crippen LogP contribution >= 0.6 is 11.6 Å². The fourth-order valence-electron chi connectivity index (χ4n) is 1.16. The van der Waals surface area contributed by atoms with Gasteiger partial charge in [-0.2, -0.15) is 0 Å². The zero-order valence-electron chi connectivity index (χ0n) is 7.88. The maximum atomic E-state index is 6.02. The summed E-state index contributed by atoms with van der Waals surface area (Å²) in [5.41, 5.74) is 6.84. The van der Waals surface area contributed by atoms with Crippen LogP contribution < -0.4 is 10.5 Å². The predicted molar refractivity (Wildman–Crippen MR) is 55.2 cm³/mol. The van der Waals surface area contributed by atoms with E-state index in [0.29, 0.717) is 5.02 Å². The average molecular weight is 200 g/mol. The van der Waals surface area contributed by atoms with Crippen LogP contribution in [0.15, 0.2) is 18.2 Å². The molecule has 0 saturated heterocycles. The molecule has 1 atom stereocenters. The van der Waals surface area contributed by atoms with Gasteiger partial charge in [-0.3, -0.25) is 0 Å². The molecule has 0 fully saturated rings. The molecule has 1 aromatic rings. The van der Waals surface area contributed by atoms with Crippen LogP contribution in [0.1, 0.15) is 24.9 Å². The molecule has 0 aliphatic heterocycles. The van der Waals surface area contributed by atoms with E-state index >= 15 is 0 Å². The van der Waals surface area contributed by atoms with Gasteiger partial charge >= 0.3 is 0 Å². The van der Waals surface area contributed by atoms with Crippen molar-refractivity contribution in [2.24, 2.45) is 5.73 Å². The minimum absolute atomic E-state index is 0.0124. The number of benzene rings is 1. The fraction of sp³-hybridized carbons (Fsp3) is 0.400. The van der Waals surface area contributed by atoms with Gasteiger partial charge in [0.05, 0.1) is 7.11 Å². The van der Waals surface area contributed by atoms with Crippen molar-refractivity contribution in [2.45, 2.75) is 19.4 Å². The highest BCUT2D eigenvalue weighted by Gasteiger charge is 2.08. The Labute approximate surface area is 83.6 Å². The van der Waals surface area contributed by atoms with Crippen molar-refractivity contribution in [3.8, 4) is 5.75 Å². The Hall–Kier alpha value is -0.730. The van der Waals surface area contributed by atoms with Crippen LogP contribution in [0, 0.1) is 0 Å². The number of halogens is 1. The first-order chi connectivity index (χ1) is 6.19. The number of hydrogen-bond acceptors (Lipinski definition) is 2. The third-order valence-corrected chi connectivity index (χ3v) is 2.37. The van der Waals surface area contributed by atoms with E-state index in [4.69, 9.17) is 22.1 Å². The lowest BCUT2D eigenvalue weighted by Gasteiger charge is -2.11. The Morgan fingerprint density at radius 1 is 1.54 bits per heavy atom. The van der Waals surface area contributed by atoms with Crippen LogP contribution in [0.5, 0.6) is 5.75 Å². The van der Waals surface area contributed by atoms with Crippen molar-refractivity contribution in [2.75, 3.05) is 7.11 Å². The van der Waals surface area contributed by atoms with Gasteiger partial charge < -0.3 is 10.5 Å². The third kappa shape index (κ3) is 2.36. The highest BCUT2D eigenvalue weighted by Crippen LogP contribution is 2.27. The fourth-order valence-corrected chi connectivity index (χ4v) is 1.47. The summed E-state index contributed by atoms with van der Waals surface area (Å²) in [5, 5.41) is 0.675. The largest absolute Gasteiger partial charge is 0.497 e. The van der Waals surface area contributed by atoms with Crippen molar-refractivity contribution >= 4 is 11.6 Å². The van der Waals surface area contributed by atoms with Crippen molar-refractivity contribution in [3.05, 3.63) is 28.8 Å². The maximum Gasteiger partial charge on any atom is 0.120 e. The second kappa shape index (κ2) is 4.49. The SMILES string of the molecule is CC[C@H](N)c1ccc(OC)cc1Cl. The standard InChI is InChI=1S/C10H14ClNO/c1-3-10(12)8-5-4-7(13-2)6-9(8)11/h4-6,10H,3,12H2,1-2H3/t10-/m0/s1. The maximum absolute atomic E-state index is 6.02. The summed E-state index contributed by atoms with van der Waals surface area (Å²) in [7, 11) is 1.62. The van der Waals surface area contributed by atoms with Crippen molar-refractivity contribution < 1.29 is 4.74 Å².